The van der Waals surface area contributed by atoms with Gasteiger partial charge in [-0.3, -0.25) is 33.7 Å². The van der Waals surface area contributed by atoms with Gasteiger partial charge in [0.2, 0.25) is 17.2 Å². The summed E-state index contributed by atoms with van der Waals surface area (Å²) in [4.78, 5) is 82.2. The third-order valence-electron chi connectivity index (χ3n) is 12.6. The number of morpholine rings is 1. The minimum atomic E-state index is -0.964. The molecule has 7 rings (SSSR count). The van der Waals surface area contributed by atoms with E-state index in [-0.39, 0.29) is 86.1 Å². The van der Waals surface area contributed by atoms with Gasteiger partial charge in [0.15, 0.2) is 28.9 Å². The number of nitrogens with one attached hydrogen (secondary N) is 3. The lowest BCUT2D eigenvalue weighted by molar-refractivity contribution is -0.131. The number of benzene rings is 3. The molecule has 0 spiro atoms. The van der Waals surface area contributed by atoms with Crippen LogP contribution in [0.15, 0.2) is 82.6 Å². The van der Waals surface area contributed by atoms with Crippen LogP contribution in [0.5, 0.6) is 5.75 Å². The van der Waals surface area contributed by atoms with Gasteiger partial charge in [-0.15, -0.1) is 11.8 Å². The van der Waals surface area contributed by atoms with Gasteiger partial charge in [-0.25, -0.2) is 13.6 Å². The number of hydrogen-bond acceptors (Lipinski definition) is 10. The molecule has 4 atom stereocenters. The Bertz CT molecular complexity index is 2560. The monoisotopic (exact) mass is 955 g/mol. The summed E-state index contributed by atoms with van der Waals surface area (Å²) in [5.41, 5.74) is 7.20. The number of nitrogens with two attached hydrogens (primary N) is 1. The minimum absolute atomic E-state index is 0.0316. The lowest BCUT2D eigenvalue weighted by Gasteiger charge is -2.51. The number of nitrogens with zero attached hydrogens (tertiary/aromatic N) is 3. The molecule has 1 aromatic heterocycles. The summed E-state index contributed by atoms with van der Waals surface area (Å²) in [7, 11) is 0. The molecule has 0 unspecified atom stereocenters. The fraction of sp³-hybridized carbons (Fsp3) is 0.440. The molecule has 4 heterocycles. The highest BCUT2D eigenvalue weighted by Gasteiger charge is 2.46. The number of amides is 5. The molecule has 0 bridgehead atoms. The number of urea groups is 1. The quantitative estimate of drug-likeness (QED) is 0.0676. The highest BCUT2D eigenvalue weighted by molar-refractivity contribution is 7.98. The van der Waals surface area contributed by atoms with Crippen LogP contribution in [0.1, 0.15) is 111 Å². The normalized spacial score (nSPS) is 17.2. The first-order valence-electron chi connectivity index (χ1n) is 23.3. The van der Waals surface area contributed by atoms with Gasteiger partial charge in [0.1, 0.15) is 12.8 Å². The van der Waals surface area contributed by atoms with Gasteiger partial charge in [-0.05, 0) is 66.1 Å². The fourth-order valence-corrected chi connectivity index (χ4v) is 10.1. The first kappa shape index (κ1) is 49.6. The second-order valence-corrected chi connectivity index (χ2v) is 18.7. The van der Waals surface area contributed by atoms with Crippen LogP contribution in [0.4, 0.5) is 19.3 Å². The number of carbonyl (C=O) groups is 5. The van der Waals surface area contributed by atoms with Gasteiger partial charge in [0.25, 0.3) is 5.91 Å². The second-order valence-electron chi connectivity index (χ2n) is 17.7. The molecule has 1 saturated heterocycles. The van der Waals surface area contributed by atoms with E-state index in [9.17, 15) is 33.2 Å². The van der Waals surface area contributed by atoms with E-state index in [2.05, 4.69) is 22.9 Å². The molecule has 3 aliphatic rings. The van der Waals surface area contributed by atoms with Gasteiger partial charge in [-0.1, -0.05) is 76.4 Å². The van der Waals surface area contributed by atoms with Crippen molar-refractivity contribution in [3.63, 3.8) is 0 Å². The molecule has 0 aliphatic carbocycles. The summed E-state index contributed by atoms with van der Waals surface area (Å²) in [6, 6.07) is 16.0. The first-order chi connectivity index (χ1) is 32.8. The molecule has 68 heavy (non-hydrogen) atoms. The minimum Gasteiger partial charge on any atom is -0.482 e. The van der Waals surface area contributed by atoms with Crippen molar-refractivity contribution in [1.29, 1.82) is 0 Å². The molecule has 5 amide bonds. The smallest absolute Gasteiger partial charge is 0.312 e. The number of ketones is 1. The molecular weight excluding hydrogens is 897 g/mol. The zero-order valence-corrected chi connectivity index (χ0v) is 39.4. The summed E-state index contributed by atoms with van der Waals surface area (Å²) in [5, 5.41) is 10.2. The Morgan fingerprint density at radius 1 is 0.956 bits per heavy atom. The number of rotatable bonds is 20. The summed E-state index contributed by atoms with van der Waals surface area (Å²) < 4.78 is 44.2. The fourth-order valence-electron chi connectivity index (χ4n) is 9.03. The number of aromatic nitrogens is 1. The van der Waals surface area contributed by atoms with Crippen LogP contribution in [0.25, 0.3) is 0 Å². The van der Waals surface area contributed by atoms with Crippen LogP contribution >= 0.6 is 11.8 Å². The van der Waals surface area contributed by atoms with Gasteiger partial charge in [-0.2, -0.15) is 0 Å². The predicted octanol–water partition coefficient (Wildman–Crippen LogP) is 6.92. The van der Waals surface area contributed by atoms with Crippen molar-refractivity contribution >= 4 is 47.0 Å². The molecule has 3 aromatic carbocycles. The zero-order valence-electron chi connectivity index (χ0n) is 38.6. The number of ether oxygens (including phenoxy) is 2. The molecule has 4 aromatic rings. The van der Waals surface area contributed by atoms with Crippen LogP contribution in [0, 0.1) is 23.5 Å². The maximum atomic E-state index is 15.7. The van der Waals surface area contributed by atoms with E-state index in [4.69, 9.17) is 15.2 Å². The maximum Gasteiger partial charge on any atom is 0.312 e. The predicted molar refractivity (Wildman–Crippen MR) is 254 cm³/mol. The van der Waals surface area contributed by atoms with Crippen molar-refractivity contribution in [2.75, 3.05) is 36.6 Å². The standard InChI is InChI=1S/C50H59F2N7O8S/c1-4-5-6-7-14-41(62)56-44(30(2)3)39(61)26-32(11-10-22-54-50(53)65)48(63)55-33-17-15-31(16-18-33)27-67-47-38(60)21-23-58-46(47)49(64)57-24-25-66-28-42(57)59(58)45-34-19-20-37(51)43(52)36(34)29-68-40-13-9-8-12-35(40)45/h8-9,12-13,15-21,23,30,32,42,44-45H,4-7,10-11,14,22,24-29H2,1-3H3,(H,55,63)(H,56,62)(H3,53,54,65)/t32-,42-,44+,45+/m1/s1. The van der Waals surface area contributed by atoms with Crippen molar-refractivity contribution in [2.45, 2.75) is 108 Å². The Kier molecular flexibility index (Phi) is 16.6. The Morgan fingerprint density at radius 3 is 2.49 bits per heavy atom. The van der Waals surface area contributed by atoms with Crippen molar-refractivity contribution in [3.05, 3.63) is 123 Å². The van der Waals surface area contributed by atoms with Crippen LogP contribution in [-0.2, 0) is 31.5 Å². The van der Waals surface area contributed by atoms with Crippen LogP contribution in [0.2, 0.25) is 0 Å². The summed E-state index contributed by atoms with van der Waals surface area (Å²) in [6.07, 6.45) is 5.32. The van der Waals surface area contributed by atoms with E-state index in [1.54, 1.807) is 39.9 Å². The van der Waals surface area contributed by atoms with Crippen molar-refractivity contribution < 1.29 is 42.2 Å². The third kappa shape index (κ3) is 11.3. The average Bonchev–Trinajstić information content (AvgIpc) is 3.49. The van der Waals surface area contributed by atoms with E-state index in [0.717, 1.165) is 42.2 Å². The Balaban J connectivity index is 1.10. The molecule has 15 nitrogen and oxygen atoms in total. The van der Waals surface area contributed by atoms with Gasteiger partial charge in [0, 0.05) is 66.0 Å². The van der Waals surface area contributed by atoms with Crippen LogP contribution in [-0.4, -0.2) is 77.6 Å². The highest BCUT2D eigenvalue weighted by Crippen LogP contribution is 2.45. The topological polar surface area (TPSA) is 194 Å². The Labute approximate surface area is 398 Å². The number of primary amides is 1. The van der Waals surface area contributed by atoms with E-state index >= 15 is 4.39 Å². The Morgan fingerprint density at radius 2 is 1.74 bits per heavy atom. The van der Waals surface area contributed by atoms with Crippen molar-refractivity contribution in [1.82, 2.24) is 20.2 Å². The lowest BCUT2D eigenvalue weighted by Crippen LogP contribution is -2.66. The first-order valence-corrected chi connectivity index (χ1v) is 24.2. The molecule has 3 aliphatic heterocycles. The number of Topliss-reactive ketones (excluding diaryl/α,β-unsaturated/α-hetero) is 1. The molecule has 1 fully saturated rings. The number of anilines is 1. The van der Waals surface area contributed by atoms with Gasteiger partial charge < -0.3 is 36.1 Å². The number of thioether (sulfide) groups is 1. The van der Waals surface area contributed by atoms with E-state index in [0.29, 0.717) is 29.7 Å². The number of pyridine rings is 1. The van der Waals surface area contributed by atoms with E-state index in [1.165, 1.54) is 24.0 Å². The summed E-state index contributed by atoms with van der Waals surface area (Å²) in [5.74, 6) is -4.28. The molecule has 5 N–H and O–H groups in total. The molecule has 0 saturated carbocycles. The van der Waals surface area contributed by atoms with Gasteiger partial charge in [0.05, 0.1) is 25.3 Å². The molecular formula is C50H59F2N7O8S. The van der Waals surface area contributed by atoms with Crippen molar-refractivity contribution in [3.8, 4) is 5.75 Å². The average molecular weight is 956 g/mol. The summed E-state index contributed by atoms with van der Waals surface area (Å²) >= 11 is 1.39. The van der Waals surface area contributed by atoms with E-state index in [1.807, 2.05) is 43.1 Å². The number of unbranched alkanes of at least 4 members (excludes halogenated alkanes) is 3. The van der Waals surface area contributed by atoms with E-state index < -0.39 is 59.1 Å². The molecule has 362 valence electrons. The number of halogens is 2. The zero-order chi connectivity index (χ0) is 48.5. The number of hydrogen-bond donors (Lipinski definition) is 4. The van der Waals surface area contributed by atoms with Crippen LogP contribution < -0.4 is 36.9 Å². The van der Waals surface area contributed by atoms with Crippen molar-refractivity contribution in [2.24, 2.45) is 17.6 Å². The number of carbonyl (C=O) groups excluding carboxylic acids is 5. The third-order valence-corrected chi connectivity index (χ3v) is 13.7. The Hall–Kier alpha value is -6.27. The lowest BCUT2D eigenvalue weighted by atomic mass is 9.89. The molecule has 18 heteroatoms. The van der Waals surface area contributed by atoms with Gasteiger partial charge >= 0.3 is 6.03 Å². The van der Waals surface area contributed by atoms with Crippen LogP contribution in [0.3, 0.4) is 0 Å². The summed E-state index contributed by atoms with van der Waals surface area (Å²) in [6.45, 7) is 6.41. The maximum absolute atomic E-state index is 15.7. The highest BCUT2D eigenvalue weighted by atomic mass is 32.2. The number of fused-ring (bicyclic) bond motifs is 4. The SMILES string of the molecule is CCCCCCC(=O)N[C@H](C(=O)C[C@@H](CCCNC(N)=O)C(=O)Nc1ccc(COc2c3n(ccc2=O)N([C@@H]2c4ccccc4SCc4c2ccc(F)c4F)[C@@H]2COCCN2C3=O)cc1)C(C)C. The largest absolute Gasteiger partial charge is 0.482 e. The molecule has 0 radical (unpaired) electrons. The second kappa shape index (κ2) is 22.7.